The number of rotatable bonds is 3. The van der Waals surface area contributed by atoms with Gasteiger partial charge in [-0.25, -0.2) is 4.39 Å². The summed E-state index contributed by atoms with van der Waals surface area (Å²) in [5, 5.41) is 9.11. The number of nitrogens with zero attached hydrogens (tertiary/aromatic N) is 1. The molecule has 0 spiro atoms. The third-order valence-corrected chi connectivity index (χ3v) is 4.32. The zero-order valence-corrected chi connectivity index (χ0v) is 11.8. The van der Waals surface area contributed by atoms with E-state index in [4.69, 9.17) is 22.6 Å². The Morgan fingerprint density at radius 1 is 1.30 bits per heavy atom. The van der Waals surface area contributed by atoms with E-state index in [2.05, 4.69) is 0 Å². The third-order valence-electron chi connectivity index (χ3n) is 2.62. The Labute approximate surface area is 123 Å². The minimum absolute atomic E-state index is 0.104. The van der Waals surface area contributed by atoms with Gasteiger partial charge < -0.3 is 5.73 Å². The van der Waals surface area contributed by atoms with Crippen molar-refractivity contribution in [3.05, 3.63) is 58.4 Å². The van der Waals surface area contributed by atoms with Gasteiger partial charge >= 0.3 is 0 Å². The maximum absolute atomic E-state index is 13.3. The smallest absolute Gasteiger partial charge is 0.124 e. The fourth-order valence-corrected chi connectivity index (χ4v) is 3.03. The summed E-state index contributed by atoms with van der Waals surface area (Å²) in [6.45, 7) is 0. The van der Waals surface area contributed by atoms with Crippen molar-refractivity contribution in [2.45, 2.75) is 10.6 Å². The molecule has 102 valence electrons. The maximum Gasteiger partial charge on any atom is 0.124 e. The normalized spacial score (nSPS) is 11.8. The molecular formula is C14H10ClFN2OS. The molecule has 2 rings (SSSR count). The summed E-state index contributed by atoms with van der Waals surface area (Å²) in [5.41, 5.74) is 6.68. The van der Waals surface area contributed by atoms with E-state index in [9.17, 15) is 8.60 Å². The Bertz CT molecular complexity index is 728. The van der Waals surface area contributed by atoms with Crippen molar-refractivity contribution in [2.24, 2.45) is 0 Å². The van der Waals surface area contributed by atoms with Crippen molar-refractivity contribution in [3.63, 3.8) is 0 Å². The second-order valence-corrected chi connectivity index (χ2v) is 5.99. The summed E-state index contributed by atoms with van der Waals surface area (Å²) in [4.78, 5) is 0.506. The molecule has 2 aromatic carbocycles. The van der Waals surface area contributed by atoms with E-state index in [-0.39, 0.29) is 11.3 Å². The van der Waals surface area contributed by atoms with Gasteiger partial charge in [-0.3, -0.25) is 4.21 Å². The lowest BCUT2D eigenvalue weighted by Crippen LogP contribution is -1.99. The highest BCUT2D eigenvalue weighted by Crippen LogP contribution is 2.23. The fourth-order valence-electron chi connectivity index (χ4n) is 1.68. The van der Waals surface area contributed by atoms with Gasteiger partial charge in [0, 0.05) is 4.90 Å². The van der Waals surface area contributed by atoms with Crippen molar-refractivity contribution in [1.82, 2.24) is 0 Å². The van der Waals surface area contributed by atoms with Crippen LogP contribution in [0.25, 0.3) is 0 Å². The standard InChI is InChI=1S/C14H10ClFN2OS/c15-13-6-12(1-2-14(13)18)20(19)8-10-3-9(7-17)4-11(16)5-10/h1-6H,8,18H2. The van der Waals surface area contributed by atoms with E-state index in [1.807, 2.05) is 6.07 Å². The van der Waals surface area contributed by atoms with Crippen LogP contribution in [0.1, 0.15) is 11.1 Å². The lowest BCUT2D eigenvalue weighted by atomic mass is 10.1. The summed E-state index contributed by atoms with van der Waals surface area (Å²) in [7, 11) is -1.39. The first-order chi connectivity index (χ1) is 9.49. The molecule has 1 unspecified atom stereocenters. The number of benzene rings is 2. The van der Waals surface area contributed by atoms with Crippen LogP contribution in [-0.4, -0.2) is 4.21 Å². The van der Waals surface area contributed by atoms with E-state index in [1.165, 1.54) is 18.2 Å². The highest BCUT2D eigenvalue weighted by molar-refractivity contribution is 7.84. The van der Waals surface area contributed by atoms with Crippen molar-refractivity contribution in [3.8, 4) is 6.07 Å². The van der Waals surface area contributed by atoms with Crippen LogP contribution < -0.4 is 5.73 Å². The summed E-state index contributed by atoms with van der Waals surface area (Å²) in [6, 6.07) is 10.5. The molecule has 6 heteroatoms. The van der Waals surface area contributed by atoms with Crippen molar-refractivity contribution >= 4 is 28.1 Å². The first-order valence-corrected chi connectivity index (χ1v) is 7.32. The molecule has 20 heavy (non-hydrogen) atoms. The lowest BCUT2D eigenvalue weighted by Gasteiger charge is -2.05. The molecule has 2 aromatic rings. The summed E-state index contributed by atoms with van der Waals surface area (Å²) in [6.07, 6.45) is 0. The molecule has 3 nitrogen and oxygen atoms in total. The molecule has 0 aliphatic heterocycles. The molecule has 0 amide bonds. The van der Waals surface area contributed by atoms with Crippen molar-refractivity contribution in [1.29, 1.82) is 5.26 Å². The summed E-state index contributed by atoms with van der Waals surface area (Å²) >= 11 is 5.87. The van der Waals surface area contributed by atoms with Crippen molar-refractivity contribution < 1.29 is 8.60 Å². The molecule has 0 fully saturated rings. The van der Waals surface area contributed by atoms with Crippen molar-refractivity contribution in [2.75, 3.05) is 5.73 Å². The fraction of sp³-hybridized carbons (Fsp3) is 0.0714. The number of halogens is 2. The topological polar surface area (TPSA) is 66.9 Å². The van der Waals surface area contributed by atoms with E-state index < -0.39 is 16.6 Å². The number of nitriles is 1. The van der Waals surface area contributed by atoms with Crippen LogP contribution in [0, 0.1) is 17.1 Å². The van der Waals surface area contributed by atoms with Crippen LogP contribution in [0.15, 0.2) is 41.3 Å². The minimum atomic E-state index is -1.39. The second kappa shape index (κ2) is 6.04. The van der Waals surface area contributed by atoms with Crippen LogP contribution in [0.5, 0.6) is 0 Å². The SMILES string of the molecule is N#Cc1cc(F)cc(CS(=O)c2ccc(N)c(Cl)c2)c1. The highest BCUT2D eigenvalue weighted by Gasteiger charge is 2.09. The number of anilines is 1. The summed E-state index contributed by atoms with van der Waals surface area (Å²) in [5.74, 6) is -0.418. The molecule has 0 bridgehead atoms. The van der Waals surface area contributed by atoms with Gasteiger partial charge in [0.25, 0.3) is 0 Å². The third kappa shape index (κ3) is 3.35. The first-order valence-electron chi connectivity index (χ1n) is 5.62. The van der Waals surface area contributed by atoms with Gasteiger partial charge in [0.2, 0.25) is 0 Å². The van der Waals surface area contributed by atoms with Gasteiger partial charge in [-0.15, -0.1) is 0 Å². The van der Waals surface area contributed by atoms with E-state index in [0.717, 1.165) is 6.07 Å². The van der Waals surface area contributed by atoms with Gasteiger partial charge in [-0.05, 0) is 42.0 Å². The molecular weight excluding hydrogens is 299 g/mol. The largest absolute Gasteiger partial charge is 0.398 e. The monoisotopic (exact) mass is 308 g/mol. The van der Waals surface area contributed by atoms with Crippen LogP contribution in [0.2, 0.25) is 5.02 Å². The number of nitrogens with two attached hydrogens (primary N) is 1. The quantitative estimate of drug-likeness (QED) is 0.885. The average molecular weight is 309 g/mol. The van der Waals surface area contributed by atoms with E-state index in [1.54, 1.807) is 12.1 Å². The van der Waals surface area contributed by atoms with Crippen LogP contribution >= 0.6 is 11.6 Å². The van der Waals surface area contributed by atoms with Gasteiger partial charge in [0.1, 0.15) is 5.82 Å². The van der Waals surface area contributed by atoms with Gasteiger partial charge in [0.05, 0.1) is 38.9 Å². The molecule has 1 atom stereocenters. The first kappa shape index (κ1) is 14.5. The zero-order valence-electron chi connectivity index (χ0n) is 10.3. The predicted molar refractivity (Wildman–Crippen MR) is 77.1 cm³/mol. The Kier molecular flexibility index (Phi) is 4.38. The molecule has 0 aromatic heterocycles. The number of hydrogen-bond acceptors (Lipinski definition) is 3. The predicted octanol–water partition coefficient (Wildman–Crippen LogP) is 3.24. The molecule has 0 heterocycles. The second-order valence-electron chi connectivity index (χ2n) is 4.13. The lowest BCUT2D eigenvalue weighted by molar-refractivity contribution is 0.625. The van der Waals surface area contributed by atoms with E-state index in [0.29, 0.717) is 21.2 Å². The Balaban J connectivity index is 2.25. The molecule has 0 aliphatic carbocycles. The highest BCUT2D eigenvalue weighted by atomic mass is 35.5. The van der Waals surface area contributed by atoms with E-state index >= 15 is 0 Å². The maximum atomic E-state index is 13.3. The van der Waals surface area contributed by atoms with Crippen LogP contribution in [-0.2, 0) is 16.6 Å². The Hall–Kier alpha value is -1.90. The zero-order chi connectivity index (χ0) is 14.7. The Morgan fingerprint density at radius 2 is 2.05 bits per heavy atom. The molecule has 0 aliphatic rings. The minimum Gasteiger partial charge on any atom is -0.398 e. The number of hydrogen-bond donors (Lipinski definition) is 1. The molecule has 0 radical (unpaired) electrons. The summed E-state index contributed by atoms with van der Waals surface area (Å²) < 4.78 is 25.5. The molecule has 2 N–H and O–H groups in total. The number of nitrogen functional groups attached to an aromatic ring is 1. The van der Waals surface area contributed by atoms with Gasteiger partial charge in [-0.1, -0.05) is 11.6 Å². The van der Waals surface area contributed by atoms with Crippen LogP contribution in [0.4, 0.5) is 10.1 Å². The molecule has 0 saturated heterocycles. The average Bonchev–Trinajstić information content (AvgIpc) is 2.41. The van der Waals surface area contributed by atoms with Crippen LogP contribution in [0.3, 0.4) is 0 Å². The Morgan fingerprint density at radius 3 is 2.70 bits per heavy atom. The van der Waals surface area contributed by atoms with Gasteiger partial charge in [0.15, 0.2) is 0 Å². The van der Waals surface area contributed by atoms with Gasteiger partial charge in [-0.2, -0.15) is 5.26 Å². The molecule has 0 saturated carbocycles.